The number of hydrogen-bond donors (Lipinski definition) is 1. The van der Waals surface area contributed by atoms with Crippen LogP contribution in [0, 0.1) is 0 Å². The Labute approximate surface area is 194 Å². The third-order valence-corrected chi connectivity index (χ3v) is 7.18. The number of hydrogen-bond acceptors (Lipinski definition) is 6. The molecule has 2 aromatic rings. The van der Waals surface area contributed by atoms with E-state index in [-0.39, 0.29) is 28.3 Å². The number of halogens is 1. The van der Waals surface area contributed by atoms with Gasteiger partial charge in [0.15, 0.2) is 18.1 Å². The third-order valence-electron chi connectivity index (χ3n) is 4.87. The summed E-state index contributed by atoms with van der Waals surface area (Å²) >= 11 is 6.02. The molecule has 0 aliphatic carbocycles. The van der Waals surface area contributed by atoms with Crippen molar-refractivity contribution < 1.29 is 27.4 Å². The molecule has 0 spiro atoms. The molecule has 1 amide bonds. The van der Waals surface area contributed by atoms with E-state index in [2.05, 4.69) is 5.32 Å². The highest BCUT2D eigenvalue weighted by molar-refractivity contribution is 7.89. The summed E-state index contributed by atoms with van der Waals surface area (Å²) in [5.41, 5.74) is 0.812. The zero-order valence-corrected chi connectivity index (χ0v) is 20.4. The Bertz CT molecular complexity index is 1040. The van der Waals surface area contributed by atoms with E-state index in [0.29, 0.717) is 24.6 Å². The van der Waals surface area contributed by atoms with Crippen LogP contribution in [-0.2, 0) is 14.8 Å². The standard InChI is InChI=1S/C22H29ClN2O6S/c1-6-25(7-2)32(27,28)21-13-17(23)9-11-19(21)31-14-22(26)24-15(3)16-8-10-18(29-4)20(12-16)30-5/h8-13,15H,6-7,14H2,1-5H3,(H,24,26)/t15-/m0/s1. The fraction of sp³-hybridized carbons (Fsp3) is 0.409. The Morgan fingerprint density at radius 3 is 2.25 bits per heavy atom. The fourth-order valence-electron chi connectivity index (χ4n) is 3.14. The van der Waals surface area contributed by atoms with Crippen LogP contribution >= 0.6 is 11.6 Å². The highest BCUT2D eigenvalue weighted by atomic mass is 35.5. The molecule has 0 bridgehead atoms. The van der Waals surface area contributed by atoms with E-state index in [1.54, 1.807) is 33.1 Å². The monoisotopic (exact) mass is 484 g/mol. The number of methoxy groups -OCH3 is 2. The SMILES string of the molecule is CCN(CC)S(=O)(=O)c1cc(Cl)ccc1OCC(=O)N[C@@H](C)c1ccc(OC)c(OC)c1. The summed E-state index contributed by atoms with van der Waals surface area (Å²) in [6, 6.07) is 9.31. The molecule has 0 unspecified atom stereocenters. The molecule has 1 atom stereocenters. The summed E-state index contributed by atoms with van der Waals surface area (Å²) in [6.45, 7) is 5.55. The molecule has 1 N–H and O–H groups in total. The molecule has 2 aromatic carbocycles. The minimum absolute atomic E-state index is 0.0650. The predicted octanol–water partition coefficient (Wildman–Crippen LogP) is 3.64. The molecule has 0 saturated heterocycles. The third kappa shape index (κ3) is 6.05. The number of ether oxygens (including phenoxy) is 3. The zero-order chi connectivity index (χ0) is 23.9. The van der Waals surface area contributed by atoms with Crippen LogP contribution in [0.25, 0.3) is 0 Å². The van der Waals surface area contributed by atoms with Gasteiger partial charge in [0.1, 0.15) is 10.6 Å². The van der Waals surface area contributed by atoms with Crippen molar-refractivity contribution in [1.29, 1.82) is 0 Å². The van der Waals surface area contributed by atoms with E-state index in [9.17, 15) is 13.2 Å². The van der Waals surface area contributed by atoms with Crippen molar-refractivity contribution in [3.8, 4) is 17.2 Å². The Morgan fingerprint density at radius 1 is 1.03 bits per heavy atom. The predicted molar refractivity (Wildman–Crippen MR) is 123 cm³/mol. The largest absolute Gasteiger partial charge is 0.493 e. The minimum Gasteiger partial charge on any atom is -0.493 e. The van der Waals surface area contributed by atoms with Gasteiger partial charge in [0.25, 0.3) is 5.91 Å². The van der Waals surface area contributed by atoms with Gasteiger partial charge in [0, 0.05) is 18.1 Å². The lowest BCUT2D eigenvalue weighted by molar-refractivity contribution is -0.123. The number of carbonyl (C=O) groups excluding carboxylic acids is 1. The van der Waals surface area contributed by atoms with Gasteiger partial charge >= 0.3 is 0 Å². The van der Waals surface area contributed by atoms with Crippen LogP contribution in [0.3, 0.4) is 0 Å². The number of amides is 1. The first-order valence-corrected chi connectivity index (χ1v) is 11.9. The molecule has 0 aliphatic rings. The molecule has 0 aliphatic heterocycles. The average molecular weight is 485 g/mol. The van der Waals surface area contributed by atoms with Gasteiger partial charge in [0.2, 0.25) is 10.0 Å². The second-order valence-corrected chi connectivity index (χ2v) is 9.22. The molecule has 176 valence electrons. The number of sulfonamides is 1. The maximum Gasteiger partial charge on any atom is 0.258 e. The van der Waals surface area contributed by atoms with Crippen LogP contribution in [0.1, 0.15) is 32.4 Å². The molecule has 0 saturated carbocycles. The van der Waals surface area contributed by atoms with Gasteiger partial charge in [-0.05, 0) is 42.8 Å². The summed E-state index contributed by atoms with van der Waals surface area (Å²) in [6.07, 6.45) is 0. The quantitative estimate of drug-likeness (QED) is 0.523. The fourth-order valence-corrected chi connectivity index (χ4v) is 4.99. The molecule has 10 heteroatoms. The molecule has 0 radical (unpaired) electrons. The Kier molecular flexibility index (Phi) is 9.18. The lowest BCUT2D eigenvalue weighted by atomic mass is 10.1. The van der Waals surface area contributed by atoms with Gasteiger partial charge in [-0.15, -0.1) is 0 Å². The van der Waals surface area contributed by atoms with E-state index in [4.69, 9.17) is 25.8 Å². The van der Waals surface area contributed by atoms with Crippen LogP contribution < -0.4 is 19.5 Å². The van der Waals surface area contributed by atoms with Crippen LogP contribution in [0.2, 0.25) is 5.02 Å². The summed E-state index contributed by atoms with van der Waals surface area (Å²) in [5, 5.41) is 3.08. The van der Waals surface area contributed by atoms with E-state index in [0.717, 1.165) is 5.56 Å². The first kappa shape index (κ1) is 25.8. The normalized spacial score (nSPS) is 12.3. The van der Waals surface area contributed by atoms with E-state index in [1.807, 2.05) is 13.0 Å². The zero-order valence-electron chi connectivity index (χ0n) is 18.8. The first-order chi connectivity index (χ1) is 15.2. The van der Waals surface area contributed by atoms with Crippen molar-refractivity contribution in [2.75, 3.05) is 33.9 Å². The molecule has 0 heterocycles. The van der Waals surface area contributed by atoms with Gasteiger partial charge in [-0.25, -0.2) is 8.42 Å². The maximum atomic E-state index is 13.0. The van der Waals surface area contributed by atoms with Crippen LogP contribution in [0.5, 0.6) is 17.2 Å². The van der Waals surface area contributed by atoms with E-state index in [1.165, 1.54) is 29.6 Å². The molecular formula is C22H29ClN2O6S. The Hall–Kier alpha value is -2.49. The van der Waals surface area contributed by atoms with Gasteiger partial charge in [-0.1, -0.05) is 31.5 Å². The van der Waals surface area contributed by atoms with Crippen molar-refractivity contribution in [1.82, 2.24) is 9.62 Å². The molecule has 0 fully saturated rings. The highest BCUT2D eigenvalue weighted by Gasteiger charge is 2.26. The molecule has 8 nitrogen and oxygen atoms in total. The molecule has 2 rings (SSSR count). The van der Waals surface area contributed by atoms with Crippen molar-refractivity contribution in [3.63, 3.8) is 0 Å². The number of benzene rings is 2. The number of rotatable bonds is 11. The summed E-state index contributed by atoms with van der Waals surface area (Å²) in [4.78, 5) is 12.4. The number of carbonyl (C=O) groups is 1. The van der Waals surface area contributed by atoms with Crippen LogP contribution in [0.4, 0.5) is 0 Å². The lowest BCUT2D eigenvalue weighted by Crippen LogP contribution is -2.33. The summed E-state index contributed by atoms with van der Waals surface area (Å²) < 4.78 is 43.3. The first-order valence-electron chi connectivity index (χ1n) is 10.1. The van der Waals surface area contributed by atoms with Gasteiger partial charge in [-0.2, -0.15) is 4.31 Å². The van der Waals surface area contributed by atoms with Crippen molar-refractivity contribution in [2.24, 2.45) is 0 Å². The highest BCUT2D eigenvalue weighted by Crippen LogP contribution is 2.31. The maximum absolute atomic E-state index is 13.0. The van der Waals surface area contributed by atoms with Crippen LogP contribution in [0.15, 0.2) is 41.3 Å². The second kappa shape index (κ2) is 11.4. The Balaban J connectivity index is 2.13. The van der Waals surface area contributed by atoms with Crippen molar-refractivity contribution in [2.45, 2.75) is 31.7 Å². The van der Waals surface area contributed by atoms with Gasteiger partial charge < -0.3 is 19.5 Å². The summed E-state index contributed by atoms with van der Waals surface area (Å²) in [7, 11) is -0.733. The number of nitrogens with zero attached hydrogens (tertiary/aromatic N) is 1. The van der Waals surface area contributed by atoms with E-state index < -0.39 is 15.9 Å². The second-order valence-electron chi connectivity index (χ2n) is 6.87. The Morgan fingerprint density at radius 2 is 1.66 bits per heavy atom. The van der Waals surface area contributed by atoms with Crippen molar-refractivity contribution in [3.05, 3.63) is 47.0 Å². The average Bonchev–Trinajstić information content (AvgIpc) is 2.78. The molecule has 32 heavy (non-hydrogen) atoms. The van der Waals surface area contributed by atoms with Crippen molar-refractivity contribution >= 4 is 27.5 Å². The molecule has 0 aromatic heterocycles. The minimum atomic E-state index is -3.82. The molecular weight excluding hydrogens is 456 g/mol. The van der Waals surface area contributed by atoms with Gasteiger partial charge in [0.05, 0.1) is 20.3 Å². The topological polar surface area (TPSA) is 94.2 Å². The van der Waals surface area contributed by atoms with E-state index >= 15 is 0 Å². The smallest absolute Gasteiger partial charge is 0.258 e. The van der Waals surface area contributed by atoms with Crippen LogP contribution in [-0.4, -0.2) is 52.5 Å². The lowest BCUT2D eigenvalue weighted by Gasteiger charge is -2.21. The number of nitrogens with one attached hydrogen (secondary N) is 1. The summed E-state index contributed by atoms with van der Waals surface area (Å²) in [5.74, 6) is 0.793. The van der Waals surface area contributed by atoms with Gasteiger partial charge in [-0.3, -0.25) is 4.79 Å².